The maximum atomic E-state index is 12.4. The summed E-state index contributed by atoms with van der Waals surface area (Å²) in [7, 11) is 0. The number of rotatable bonds is 6. The van der Waals surface area contributed by atoms with E-state index in [0.717, 1.165) is 16.3 Å². The number of carbonyl (C=O) groups excluding carboxylic acids is 3. The van der Waals surface area contributed by atoms with Crippen molar-refractivity contribution >= 4 is 34.2 Å². The van der Waals surface area contributed by atoms with Crippen molar-refractivity contribution in [3.63, 3.8) is 0 Å². The summed E-state index contributed by atoms with van der Waals surface area (Å²) in [5.41, 5.74) is 6.97. The molecule has 0 heterocycles. The minimum Gasteiger partial charge on any atom is -0.366 e. The summed E-state index contributed by atoms with van der Waals surface area (Å²) >= 11 is 0. The summed E-state index contributed by atoms with van der Waals surface area (Å²) < 4.78 is 0. The van der Waals surface area contributed by atoms with Crippen LogP contribution in [0.5, 0.6) is 0 Å². The van der Waals surface area contributed by atoms with Gasteiger partial charge in [0.25, 0.3) is 0 Å². The van der Waals surface area contributed by atoms with E-state index < -0.39 is 11.9 Å². The second-order valence-corrected chi connectivity index (χ2v) is 6.54. The summed E-state index contributed by atoms with van der Waals surface area (Å²) in [6.07, 6.45) is 0.187. The van der Waals surface area contributed by atoms with Gasteiger partial charge in [0, 0.05) is 11.3 Å². The molecule has 4 N–H and O–H groups in total. The normalized spacial score (nSPS) is 11.6. The molecular formula is C22H21N3O3. The molecule has 0 spiro atoms. The molecule has 3 amide bonds. The van der Waals surface area contributed by atoms with Gasteiger partial charge in [-0.2, -0.15) is 0 Å². The second kappa shape index (κ2) is 8.35. The van der Waals surface area contributed by atoms with E-state index in [1.165, 1.54) is 12.1 Å². The fourth-order valence-electron chi connectivity index (χ4n) is 2.95. The van der Waals surface area contributed by atoms with Crippen LogP contribution in [0.25, 0.3) is 10.8 Å². The van der Waals surface area contributed by atoms with Crippen LogP contribution in [0.15, 0.2) is 66.7 Å². The second-order valence-electron chi connectivity index (χ2n) is 6.54. The zero-order valence-electron chi connectivity index (χ0n) is 15.4. The number of nitrogens with one attached hydrogen (secondary N) is 2. The molecule has 0 aromatic heterocycles. The molecule has 0 aliphatic heterocycles. The highest BCUT2D eigenvalue weighted by molar-refractivity contribution is 5.98. The van der Waals surface area contributed by atoms with Crippen molar-refractivity contribution in [2.24, 2.45) is 5.73 Å². The molecule has 3 aromatic carbocycles. The molecule has 0 saturated heterocycles. The summed E-state index contributed by atoms with van der Waals surface area (Å²) in [6.45, 7) is 1.62. The van der Waals surface area contributed by atoms with Crippen molar-refractivity contribution < 1.29 is 14.4 Å². The molecule has 0 saturated carbocycles. The lowest BCUT2D eigenvalue weighted by Crippen LogP contribution is -2.42. The number of carbonyl (C=O) groups is 3. The maximum absolute atomic E-state index is 12.4. The number of nitrogens with two attached hydrogens (primary N) is 1. The lowest BCUT2D eigenvalue weighted by Gasteiger charge is -2.15. The average molecular weight is 375 g/mol. The summed E-state index contributed by atoms with van der Waals surface area (Å²) in [4.78, 5) is 35.8. The predicted molar refractivity (Wildman–Crippen MR) is 109 cm³/mol. The van der Waals surface area contributed by atoms with E-state index in [0.29, 0.717) is 11.3 Å². The number of fused-ring (bicyclic) bond motifs is 1. The minimum absolute atomic E-state index is 0.187. The Morgan fingerprint density at radius 2 is 1.61 bits per heavy atom. The van der Waals surface area contributed by atoms with Gasteiger partial charge >= 0.3 is 0 Å². The molecule has 6 nitrogen and oxygen atoms in total. The summed E-state index contributed by atoms with van der Waals surface area (Å²) in [5, 5.41) is 7.51. The first-order valence-corrected chi connectivity index (χ1v) is 8.91. The van der Waals surface area contributed by atoms with Gasteiger partial charge < -0.3 is 16.4 Å². The molecule has 1 atom stereocenters. The van der Waals surface area contributed by atoms with Crippen LogP contribution in [0.4, 0.5) is 5.69 Å². The Labute approximate surface area is 162 Å². The molecule has 28 heavy (non-hydrogen) atoms. The van der Waals surface area contributed by atoms with Crippen LogP contribution >= 0.6 is 0 Å². The van der Waals surface area contributed by atoms with Crippen molar-refractivity contribution in [2.75, 3.05) is 5.32 Å². The lowest BCUT2D eigenvalue weighted by molar-refractivity contribution is -0.125. The first-order valence-electron chi connectivity index (χ1n) is 8.91. The van der Waals surface area contributed by atoms with Crippen LogP contribution in [0.3, 0.4) is 0 Å². The van der Waals surface area contributed by atoms with E-state index in [2.05, 4.69) is 10.6 Å². The maximum Gasteiger partial charge on any atom is 0.248 e. The Kier molecular flexibility index (Phi) is 5.69. The number of amides is 3. The number of anilines is 1. The highest BCUT2D eigenvalue weighted by Gasteiger charge is 2.16. The molecule has 142 valence electrons. The van der Waals surface area contributed by atoms with Gasteiger partial charge in [-0.3, -0.25) is 14.4 Å². The zero-order valence-corrected chi connectivity index (χ0v) is 15.4. The van der Waals surface area contributed by atoms with Gasteiger partial charge in [0.2, 0.25) is 17.7 Å². The van der Waals surface area contributed by atoms with Crippen molar-refractivity contribution in [2.45, 2.75) is 19.4 Å². The fraction of sp³-hybridized carbons (Fsp3) is 0.136. The summed E-state index contributed by atoms with van der Waals surface area (Å²) in [6, 6.07) is 19.2. The molecule has 0 radical (unpaired) electrons. The number of hydrogen-bond donors (Lipinski definition) is 3. The molecule has 0 aliphatic carbocycles. The molecule has 0 aliphatic rings. The van der Waals surface area contributed by atoms with Crippen LogP contribution in [0, 0.1) is 0 Å². The number of hydrogen-bond acceptors (Lipinski definition) is 3. The smallest absolute Gasteiger partial charge is 0.248 e. The molecular weight excluding hydrogens is 354 g/mol. The third-order valence-electron chi connectivity index (χ3n) is 4.44. The van der Waals surface area contributed by atoms with Crippen LogP contribution in [-0.4, -0.2) is 23.8 Å². The van der Waals surface area contributed by atoms with E-state index in [4.69, 9.17) is 5.73 Å². The van der Waals surface area contributed by atoms with Crippen molar-refractivity contribution in [3.05, 3.63) is 77.9 Å². The topological polar surface area (TPSA) is 101 Å². The first kappa shape index (κ1) is 19.1. The molecule has 0 bridgehead atoms. The Bertz CT molecular complexity index is 1020. The Balaban J connectivity index is 1.60. The molecule has 0 unspecified atom stereocenters. The lowest BCUT2D eigenvalue weighted by atomic mass is 10.0. The van der Waals surface area contributed by atoms with Crippen LogP contribution in [0.2, 0.25) is 0 Å². The Hall–Kier alpha value is -3.67. The van der Waals surface area contributed by atoms with Crippen molar-refractivity contribution in [1.29, 1.82) is 0 Å². The van der Waals surface area contributed by atoms with Crippen molar-refractivity contribution in [3.8, 4) is 0 Å². The number of primary amides is 1. The van der Waals surface area contributed by atoms with Crippen LogP contribution < -0.4 is 16.4 Å². The SMILES string of the molecule is C[C@H](NC(=O)Cc1cccc2ccccc12)C(=O)Nc1ccc(C(N)=O)cc1. The van der Waals surface area contributed by atoms with E-state index >= 15 is 0 Å². The fourth-order valence-corrected chi connectivity index (χ4v) is 2.95. The van der Waals surface area contributed by atoms with Crippen molar-refractivity contribution in [1.82, 2.24) is 5.32 Å². The quantitative estimate of drug-likeness (QED) is 0.617. The minimum atomic E-state index is -0.710. The van der Waals surface area contributed by atoms with Gasteiger partial charge in [-0.1, -0.05) is 42.5 Å². The summed E-state index contributed by atoms with van der Waals surface area (Å²) in [5.74, 6) is -1.12. The third kappa shape index (κ3) is 4.54. The van der Waals surface area contributed by atoms with Crippen LogP contribution in [0.1, 0.15) is 22.8 Å². The average Bonchev–Trinajstić information content (AvgIpc) is 2.68. The molecule has 3 aromatic rings. The van der Waals surface area contributed by atoms with E-state index in [1.54, 1.807) is 19.1 Å². The largest absolute Gasteiger partial charge is 0.366 e. The third-order valence-corrected chi connectivity index (χ3v) is 4.44. The standard InChI is InChI=1S/C22H21N3O3/c1-14(22(28)25-18-11-9-16(10-12-18)21(23)27)24-20(26)13-17-7-4-6-15-5-2-3-8-19(15)17/h2-12,14H,13H2,1H3,(H2,23,27)(H,24,26)(H,25,28)/t14-/m0/s1. The van der Waals surface area contributed by atoms with Gasteiger partial charge in [0.1, 0.15) is 6.04 Å². The molecule has 3 rings (SSSR count). The molecule has 0 fully saturated rings. The Morgan fingerprint density at radius 1 is 0.929 bits per heavy atom. The van der Waals surface area contributed by atoms with Gasteiger partial charge in [-0.15, -0.1) is 0 Å². The van der Waals surface area contributed by atoms with Gasteiger partial charge in [-0.05, 0) is 47.5 Å². The highest BCUT2D eigenvalue weighted by atomic mass is 16.2. The van der Waals surface area contributed by atoms with Gasteiger partial charge in [-0.25, -0.2) is 0 Å². The predicted octanol–water partition coefficient (Wildman–Crippen LogP) is 2.62. The van der Waals surface area contributed by atoms with E-state index in [1.807, 2.05) is 42.5 Å². The first-order chi connectivity index (χ1) is 13.4. The monoisotopic (exact) mass is 375 g/mol. The van der Waals surface area contributed by atoms with E-state index in [9.17, 15) is 14.4 Å². The number of benzene rings is 3. The highest BCUT2D eigenvalue weighted by Crippen LogP contribution is 2.19. The Morgan fingerprint density at radius 3 is 2.32 bits per heavy atom. The van der Waals surface area contributed by atoms with Gasteiger partial charge in [0.05, 0.1) is 6.42 Å². The van der Waals surface area contributed by atoms with E-state index in [-0.39, 0.29) is 18.2 Å². The van der Waals surface area contributed by atoms with Crippen LogP contribution in [-0.2, 0) is 16.0 Å². The molecule has 6 heteroatoms. The van der Waals surface area contributed by atoms with Gasteiger partial charge in [0.15, 0.2) is 0 Å². The zero-order chi connectivity index (χ0) is 20.1.